The van der Waals surface area contributed by atoms with E-state index in [1.54, 1.807) is 0 Å². The van der Waals surface area contributed by atoms with E-state index in [0.29, 0.717) is 6.29 Å². The zero-order valence-corrected chi connectivity index (χ0v) is 6.23. The van der Waals surface area contributed by atoms with Gasteiger partial charge in [-0.1, -0.05) is 11.6 Å². The largest absolute Gasteiger partial charge is 0.399 e. The van der Waals surface area contributed by atoms with Gasteiger partial charge in [0, 0.05) is 5.69 Å². The first kappa shape index (κ1) is 8.01. The van der Waals surface area contributed by atoms with Gasteiger partial charge in [-0.15, -0.1) is 0 Å². The number of aldehydes is 1. The van der Waals surface area contributed by atoms with Crippen LogP contribution in [0.1, 0.15) is 10.4 Å². The number of hydrogen-bond donors (Lipinski definition) is 1. The van der Waals surface area contributed by atoms with Crippen molar-refractivity contribution in [2.24, 2.45) is 0 Å². The summed E-state index contributed by atoms with van der Waals surface area (Å²) < 4.78 is 12.7. The van der Waals surface area contributed by atoms with Crippen molar-refractivity contribution in [2.75, 3.05) is 5.73 Å². The van der Waals surface area contributed by atoms with E-state index in [9.17, 15) is 9.18 Å². The predicted molar refractivity (Wildman–Crippen MR) is 41.2 cm³/mol. The summed E-state index contributed by atoms with van der Waals surface area (Å²) in [7, 11) is 0. The lowest BCUT2D eigenvalue weighted by atomic mass is 10.2. The van der Waals surface area contributed by atoms with Gasteiger partial charge in [0.1, 0.15) is 5.82 Å². The molecule has 1 rings (SSSR count). The summed E-state index contributed by atoms with van der Waals surface area (Å²) in [6.07, 6.45) is 0.358. The average molecular weight is 174 g/mol. The van der Waals surface area contributed by atoms with Gasteiger partial charge in [0.2, 0.25) is 0 Å². The maximum Gasteiger partial charge on any atom is 0.154 e. The Hall–Kier alpha value is -1.09. The van der Waals surface area contributed by atoms with Gasteiger partial charge >= 0.3 is 0 Å². The molecule has 2 N–H and O–H groups in total. The molecule has 0 fully saturated rings. The van der Waals surface area contributed by atoms with Gasteiger partial charge in [-0.2, -0.15) is 0 Å². The molecule has 0 saturated heterocycles. The third-order valence-electron chi connectivity index (χ3n) is 1.22. The van der Waals surface area contributed by atoms with Crippen molar-refractivity contribution in [1.82, 2.24) is 0 Å². The van der Waals surface area contributed by atoms with Crippen molar-refractivity contribution in [3.63, 3.8) is 0 Å². The highest BCUT2D eigenvalue weighted by Crippen LogP contribution is 2.20. The fourth-order valence-corrected chi connectivity index (χ4v) is 0.977. The third-order valence-corrected chi connectivity index (χ3v) is 1.53. The standard InChI is InChI=1S/C7H5ClFNO/c8-6-1-4(10)2-7(9)5(6)3-11/h1-3H,10H2. The summed E-state index contributed by atoms with van der Waals surface area (Å²) in [6.45, 7) is 0. The van der Waals surface area contributed by atoms with Gasteiger partial charge in [0.05, 0.1) is 10.6 Å². The molecule has 0 atom stereocenters. The molecule has 0 spiro atoms. The number of benzene rings is 1. The predicted octanol–water partition coefficient (Wildman–Crippen LogP) is 1.87. The van der Waals surface area contributed by atoms with Crippen molar-refractivity contribution in [3.05, 3.63) is 28.5 Å². The molecule has 0 amide bonds. The molecule has 0 bridgehead atoms. The number of nitrogens with two attached hydrogens (primary N) is 1. The minimum atomic E-state index is -0.690. The highest BCUT2D eigenvalue weighted by Gasteiger charge is 2.06. The minimum Gasteiger partial charge on any atom is -0.399 e. The Kier molecular flexibility index (Phi) is 2.10. The van der Waals surface area contributed by atoms with E-state index in [2.05, 4.69) is 0 Å². The second-order valence-corrected chi connectivity index (χ2v) is 2.42. The van der Waals surface area contributed by atoms with Crippen molar-refractivity contribution in [3.8, 4) is 0 Å². The van der Waals surface area contributed by atoms with Crippen molar-refractivity contribution < 1.29 is 9.18 Å². The second-order valence-electron chi connectivity index (χ2n) is 2.02. The van der Waals surface area contributed by atoms with Gasteiger partial charge in [0.25, 0.3) is 0 Å². The Labute approximate surface area is 67.8 Å². The number of carbonyl (C=O) groups is 1. The summed E-state index contributed by atoms with van der Waals surface area (Å²) >= 11 is 5.48. The smallest absolute Gasteiger partial charge is 0.154 e. The van der Waals surface area contributed by atoms with Crippen LogP contribution in [0.25, 0.3) is 0 Å². The molecular formula is C7H5ClFNO. The van der Waals surface area contributed by atoms with Crippen LogP contribution >= 0.6 is 11.6 Å². The lowest BCUT2D eigenvalue weighted by Crippen LogP contribution is -1.93. The zero-order chi connectivity index (χ0) is 8.43. The lowest BCUT2D eigenvalue weighted by Gasteiger charge is -1.98. The first-order valence-corrected chi connectivity index (χ1v) is 3.22. The fraction of sp³-hybridized carbons (Fsp3) is 0. The molecule has 11 heavy (non-hydrogen) atoms. The molecule has 0 aromatic heterocycles. The summed E-state index contributed by atoms with van der Waals surface area (Å²) in [5.41, 5.74) is 5.30. The van der Waals surface area contributed by atoms with Gasteiger partial charge in [-0.25, -0.2) is 4.39 Å². The van der Waals surface area contributed by atoms with Gasteiger partial charge in [-0.3, -0.25) is 4.79 Å². The van der Waals surface area contributed by atoms with Gasteiger partial charge in [0.15, 0.2) is 6.29 Å². The molecule has 1 aromatic carbocycles. The molecule has 0 radical (unpaired) electrons. The van der Waals surface area contributed by atoms with Crippen molar-refractivity contribution in [1.29, 1.82) is 0 Å². The molecule has 0 saturated carbocycles. The van der Waals surface area contributed by atoms with E-state index < -0.39 is 5.82 Å². The molecule has 0 aliphatic carbocycles. The van der Waals surface area contributed by atoms with E-state index in [0.717, 1.165) is 6.07 Å². The molecule has 4 heteroatoms. The molecule has 1 aromatic rings. The third kappa shape index (κ3) is 1.49. The number of hydrogen-bond acceptors (Lipinski definition) is 2. The molecule has 0 aliphatic rings. The van der Waals surface area contributed by atoms with Crippen LogP contribution in [0.2, 0.25) is 5.02 Å². The Morgan fingerprint density at radius 1 is 1.55 bits per heavy atom. The van der Waals surface area contributed by atoms with Crippen LogP contribution in [0.4, 0.5) is 10.1 Å². The topological polar surface area (TPSA) is 43.1 Å². The average Bonchev–Trinajstić information content (AvgIpc) is 1.85. The van der Waals surface area contributed by atoms with Crippen LogP contribution < -0.4 is 5.73 Å². The first-order chi connectivity index (χ1) is 5.15. The van der Waals surface area contributed by atoms with E-state index in [1.807, 2.05) is 0 Å². The van der Waals surface area contributed by atoms with E-state index in [1.165, 1.54) is 6.07 Å². The normalized spacial score (nSPS) is 9.64. The Bertz CT molecular complexity index is 277. The molecule has 58 valence electrons. The van der Waals surface area contributed by atoms with E-state index in [4.69, 9.17) is 17.3 Å². The SMILES string of the molecule is Nc1cc(F)c(C=O)c(Cl)c1. The zero-order valence-electron chi connectivity index (χ0n) is 5.47. The Morgan fingerprint density at radius 2 is 2.18 bits per heavy atom. The van der Waals surface area contributed by atoms with Crippen molar-refractivity contribution >= 4 is 23.6 Å². The maximum atomic E-state index is 12.7. The van der Waals surface area contributed by atoms with Crippen molar-refractivity contribution in [2.45, 2.75) is 0 Å². The summed E-state index contributed by atoms with van der Waals surface area (Å²) in [6, 6.07) is 2.38. The quantitative estimate of drug-likeness (QED) is 0.521. The summed E-state index contributed by atoms with van der Waals surface area (Å²) in [5.74, 6) is -0.690. The number of carbonyl (C=O) groups excluding carboxylic acids is 1. The van der Waals surface area contributed by atoms with Crippen LogP contribution in [0.3, 0.4) is 0 Å². The van der Waals surface area contributed by atoms with Crippen LogP contribution in [0, 0.1) is 5.82 Å². The highest BCUT2D eigenvalue weighted by molar-refractivity contribution is 6.33. The van der Waals surface area contributed by atoms with Gasteiger partial charge < -0.3 is 5.73 Å². The Balaban J connectivity index is 3.36. The Morgan fingerprint density at radius 3 is 2.64 bits per heavy atom. The van der Waals surface area contributed by atoms with Crippen LogP contribution in [-0.2, 0) is 0 Å². The molecule has 2 nitrogen and oxygen atoms in total. The highest BCUT2D eigenvalue weighted by atomic mass is 35.5. The molecule has 0 heterocycles. The minimum absolute atomic E-state index is 0.0394. The van der Waals surface area contributed by atoms with Crippen LogP contribution in [0.15, 0.2) is 12.1 Å². The van der Waals surface area contributed by atoms with E-state index in [-0.39, 0.29) is 16.3 Å². The summed E-state index contributed by atoms with van der Waals surface area (Å²) in [4.78, 5) is 10.2. The first-order valence-electron chi connectivity index (χ1n) is 2.85. The number of nitrogen functional groups attached to an aromatic ring is 1. The molecule has 0 aliphatic heterocycles. The second kappa shape index (κ2) is 2.88. The molecular weight excluding hydrogens is 169 g/mol. The number of anilines is 1. The maximum absolute atomic E-state index is 12.7. The van der Waals surface area contributed by atoms with Crippen LogP contribution in [0.5, 0.6) is 0 Å². The number of halogens is 2. The fourth-order valence-electron chi connectivity index (χ4n) is 0.716. The van der Waals surface area contributed by atoms with E-state index >= 15 is 0 Å². The lowest BCUT2D eigenvalue weighted by molar-refractivity contribution is 0.112. The number of rotatable bonds is 1. The van der Waals surface area contributed by atoms with Gasteiger partial charge in [-0.05, 0) is 12.1 Å². The monoisotopic (exact) mass is 173 g/mol. The van der Waals surface area contributed by atoms with Crippen LogP contribution in [-0.4, -0.2) is 6.29 Å². The molecule has 0 unspecified atom stereocenters. The summed E-state index contributed by atoms with van der Waals surface area (Å²) in [5, 5.41) is 0.0394.